The van der Waals surface area contributed by atoms with Crippen LogP contribution in [-0.2, 0) is 6.54 Å². The van der Waals surface area contributed by atoms with Crippen molar-refractivity contribution < 1.29 is 9.47 Å². The van der Waals surface area contributed by atoms with Gasteiger partial charge in [0.25, 0.3) is 0 Å². The zero-order chi connectivity index (χ0) is 13.9. The van der Waals surface area contributed by atoms with E-state index < -0.39 is 0 Å². The Morgan fingerprint density at radius 1 is 1.37 bits per heavy atom. The fourth-order valence-corrected chi connectivity index (χ4v) is 2.83. The van der Waals surface area contributed by atoms with Gasteiger partial charge in [0.2, 0.25) is 0 Å². The maximum Gasteiger partial charge on any atom is 0.183 e. The summed E-state index contributed by atoms with van der Waals surface area (Å²) in [7, 11) is 3.30. The van der Waals surface area contributed by atoms with Crippen molar-refractivity contribution in [2.24, 2.45) is 5.41 Å². The molecule has 0 aromatic carbocycles. The summed E-state index contributed by atoms with van der Waals surface area (Å²) in [5.41, 5.74) is 1.37. The molecule has 1 aliphatic rings. The van der Waals surface area contributed by atoms with Crippen LogP contribution in [0.2, 0.25) is 0 Å². The van der Waals surface area contributed by atoms with Crippen molar-refractivity contribution in [3.63, 3.8) is 0 Å². The van der Waals surface area contributed by atoms with E-state index in [0.717, 1.165) is 23.7 Å². The number of nitrogens with one attached hydrogen (secondary N) is 1. The van der Waals surface area contributed by atoms with Crippen molar-refractivity contribution >= 4 is 0 Å². The maximum atomic E-state index is 5.40. The van der Waals surface area contributed by atoms with Crippen LogP contribution in [-0.4, -0.2) is 25.2 Å². The summed E-state index contributed by atoms with van der Waals surface area (Å²) in [6.45, 7) is 5.39. The van der Waals surface area contributed by atoms with Crippen molar-refractivity contribution in [1.82, 2.24) is 10.3 Å². The number of nitrogens with zero attached hydrogens (tertiary/aromatic N) is 1. The molecular formula is C15H24N2O2. The summed E-state index contributed by atoms with van der Waals surface area (Å²) in [5, 5.41) is 3.58. The van der Waals surface area contributed by atoms with Gasteiger partial charge in [-0.1, -0.05) is 13.8 Å². The molecule has 0 aliphatic heterocycles. The Hall–Kier alpha value is -1.29. The number of hydrogen-bond acceptors (Lipinski definition) is 4. The van der Waals surface area contributed by atoms with Crippen LogP contribution < -0.4 is 14.8 Å². The van der Waals surface area contributed by atoms with Crippen LogP contribution in [0, 0.1) is 5.41 Å². The van der Waals surface area contributed by atoms with Crippen LogP contribution in [0.15, 0.2) is 12.3 Å². The first-order valence-corrected chi connectivity index (χ1v) is 6.85. The quantitative estimate of drug-likeness (QED) is 0.888. The number of ether oxygens (including phenoxy) is 2. The third kappa shape index (κ3) is 3.38. The summed E-state index contributed by atoms with van der Waals surface area (Å²) >= 11 is 0. The molecule has 2 rings (SSSR count). The van der Waals surface area contributed by atoms with Gasteiger partial charge < -0.3 is 14.8 Å². The fourth-order valence-electron chi connectivity index (χ4n) is 2.83. The molecule has 4 nitrogen and oxygen atoms in total. The number of hydrogen-bond donors (Lipinski definition) is 1. The van der Waals surface area contributed by atoms with Gasteiger partial charge in [-0.05, 0) is 24.7 Å². The van der Waals surface area contributed by atoms with Crippen LogP contribution in [0.5, 0.6) is 11.5 Å². The van der Waals surface area contributed by atoms with Crippen LogP contribution >= 0.6 is 0 Å². The van der Waals surface area contributed by atoms with Gasteiger partial charge >= 0.3 is 0 Å². The lowest BCUT2D eigenvalue weighted by Crippen LogP contribution is -2.27. The van der Waals surface area contributed by atoms with E-state index >= 15 is 0 Å². The van der Waals surface area contributed by atoms with E-state index in [9.17, 15) is 0 Å². The number of pyridine rings is 1. The van der Waals surface area contributed by atoms with Crippen molar-refractivity contribution in [1.29, 1.82) is 0 Å². The molecule has 0 bridgehead atoms. The maximum absolute atomic E-state index is 5.40. The van der Waals surface area contributed by atoms with Gasteiger partial charge in [0, 0.05) is 24.8 Å². The second-order valence-corrected chi connectivity index (χ2v) is 5.98. The Morgan fingerprint density at radius 2 is 2.16 bits per heavy atom. The van der Waals surface area contributed by atoms with Crippen molar-refractivity contribution in [3.8, 4) is 11.5 Å². The SMILES string of the molecule is COc1ccnc(CNC2CCC(C)(C)C2)c1OC. The molecule has 1 saturated carbocycles. The largest absolute Gasteiger partial charge is 0.493 e. The van der Waals surface area contributed by atoms with Crippen molar-refractivity contribution in [2.45, 2.75) is 45.7 Å². The normalized spacial score (nSPS) is 21.4. The Balaban J connectivity index is 2.00. The highest BCUT2D eigenvalue weighted by Gasteiger charge is 2.30. The molecule has 1 aromatic rings. The standard InChI is InChI=1S/C15H24N2O2/c1-15(2)7-5-11(9-15)17-10-12-14(19-4)13(18-3)6-8-16-12/h6,8,11,17H,5,7,9-10H2,1-4H3. The summed E-state index contributed by atoms with van der Waals surface area (Å²) in [6.07, 6.45) is 5.50. The smallest absolute Gasteiger partial charge is 0.183 e. The second-order valence-electron chi connectivity index (χ2n) is 5.98. The highest BCUT2D eigenvalue weighted by molar-refractivity contribution is 5.42. The topological polar surface area (TPSA) is 43.4 Å². The lowest BCUT2D eigenvalue weighted by Gasteiger charge is -2.18. The first-order chi connectivity index (χ1) is 9.05. The molecular weight excluding hydrogens is 240 g/mol. The third-order valence-electron chi connectivity index (χ3n) is 3.89. The highest BCUT2D eigenvalue weighted by Crippen LogP contribution is 2.37. The van der Waals surface area contributed by atoms with Crippen LogP contribution in [0.25, 0.3) is 0 Å². The number of methoxy groups -OCH3 is 2. The van der Waals surface area contributed by atoms with Gasteiger partial charge in [-0.3, -0.25) is 4.98 Å². The molecule has 1 aliphatic carbocycles. The first-order valence-electron chi connectivity index (χ1n) is 6.85. The zero-order valence-electron chi connectivity index (χ0n) is 12.3. The van der Waals surface area contributed by atoms with Gasteiger partial charge in [0.05, 0.1) is 19.9 Å². The minimum absolute atomic E-state index is 0.462. The van der Waals surface area contributed by atoms with E-state index in [1.165, 1.54) is 19.3 Å². The van der Waals surface area contributed by atoms with Gasteiger partial charge in [-0.2, -0.15) is 0 Å². The molecule has 106 valence electrons. The predicted octanol–water partition coefficient (Wildman–Crippen LogP) is 2.77. The van der Waals surface area contributed by atoms with Crippen LogP contribution in [0.4, 0.5) is 0 Å². The lowest BCUT2D eigenvalue weighted by atomic mass is 9.92. The average Bonchev–Trinajstić information content (AvgIpc) is 2.75. The van der Waals surface area contributed by atoms with Gasteiger partial charge in [-0.15, -0.1) is 0 Å². The van der Waals surface area contributed by atoms with Crippen molar-refractivity contribution in [3.05, 3.63) is 18.0 Å². The second kappa shape index (κ2) is 5.78. The summed E-state index contributed by atoms with van der Waals surface area (Å²) < 4.78 is 10.7. The molecule has 1 N–H and O–H groups in total. The van der Waals surface area contributed by atoms with E-state index in [0.29, 0.717) is 11.5 Å². The van der Waals surface area contributed by atoms with E-state index in [-0.39, 0.29) is 0 Å². The first kappa shape index (κ1) is 14.1. The Bertz CT molecular complexity index is 432. The van der Waals surface area contributed by atoms with Gasteiger partial charge in [-0.25, -0.2) is 0 Å². The van der Waals surface area contributed by atoms with E-state index in [4.69, 9.17) is 9.47 Å². The molecule has 1 atom stereocenters. The molecule has 1 aromatic heterocycles. The molecule has 1 fully saturated rings. The average molecular weight is 264 g/mol. The monoisotopic (exact) mass is 264 g/mol. The number of aromatic nitrogens is 1. The van der Waals surface area contributed by atoms with Crippen molar-refractivity contribution in [2.75, 3.05) is 14.2 Å². The summed E-state index contributed by atoms with van der Waals surface area (Å²) in [6, 6.07) is 2.40. The Morgan fingerprint density at radius 3 is 2.74 bits per heavy atom. The minimum Gasteiger partial charge on any atom is -0.493 e. The van der Waals surface area contributed by atoms with E-state index in [1.807, 2.05) is 6.07 Å². The number of rotatable bonds is 5. The molecule has 4 heteroatoms. The third-order valence-corrected chi connectivity index (χ3v) is 3.89. The van der Waals surface area contributed by atoms with Gasteiger partial charge in [0.15, 0.2) is 11.5 Å². The molecule has 19 heavy (non-hydrogen) atoms. The van der Waals surface area contributed by atoms with E-state index in [2.05, 4.69) is 24.1 Å². The summed E-state index contributed by atoms with van der Waals surface area (Å²) in [4.78, 5) is 4.39. The van der Waals surface area contributed by atoms with Crippen LogP contribution in [0.1, 0.15) is 38.8 Å². The molecule has 0 amide bonds. The predicted molar refractivity (Wildman–Crippen MR) is 75.6 cm³/mol. The molecule has 0 spiro atoms. The Kier molecular flexibility index (Phi) is 4.30. The highest BCUT2D eigenvalue weighted by atomic mass is 16.5. The minimum atomic E-state index is 0.462. The molecule has 0 saturated heterocycles. The zero-order valence-corrected chi connectivity index (χ0v) is 12.3. The van der Waals surface area contributed by atoms with Crippen LogP contribution in [0.3, 0.4) is 0 Å². The molecule has 1 heterocycles. The Labute approximate surface area is 115 Å². The molecule has 1 unspecified atom stereocenters. The summed E-state index contributed by atoms with van der Waals surface area (Å²) in [5.74, 6) is 1.47. The van der Waals surface area contributed by atoms with E-state index in [1.54, 1.807) is 20.4 Å². The lowest BCUT2D eigenvalue weighted by molar-refractivity contribution is 0.344. The van der Waals surface area contributed by atoms with Gasteiger partial charge in [0.1, 0.15) is 0 Å². The molecule has 0 radical (unpaired) electrons. The fraction of sp³-hybridized carbons (Fsp3) is 0.667.